The Kier molecular flexibility index (Phi) is 2.64. The molecule has 1 heteroatoms. The normalized spacial score (nSPS) is 10.3. The number of carbonyl (C=O) groups excluding carboxylic acids is 1. The summed E-state index contributed by atoms with van der Waals surface area (Å²) in [5.41, 5.74) is 2.01. The highest BCUT2D eigenvalue weighted by atomic mass is 16.1. The maximum atomic E-state index is 11.5. The maximum absolute atomic E-state index is 11.5. The molecule has 0 bridgehead atoms. The Morgan fingerprint density at radius 3 is 2.08 bits per heavy atom. The van der Waals surface area contributed by atoms with Crippen LogP contribution >= 0.6 is 0 Å². The third-order valence-electron chi connectivity index (χ3n) is 1.86. The van der Waals surface area contributed by atoms with Crippen LogP contribution in [0.2, 0.25) is 0 Å². The number of hydrogen-bond donors (Lipinski definition) is 0. The fourth-order valence-electron chi connectivity index (χ4n) is 1.05. The Hall–Kier alpha value is -1.11. The molecule has 0 amide bonds. The predicted octanol–water partition coefficient (Wildman–Crippen LogP) is 2.83. The van der Waals surface area contributed by atoms with E-state index >= 15 is 0 Å². The van der Waals surface area contributed by atoms with Crippen LogP contribution < -0.4 is 0 Å². The second-order valence-electron chi connectivity index (χ2n) is 3.38. The summed E-state index contributed by atoms with van der Waals surface area (Å²) < 4.78 is 0. The van der Waals surface area contributed by atoms with Crippen LogP contribution in [-0.2, 0) is 0 Å². The SMILES string of the molecule is Cc1ccc(C(=O)C(C)C)cc1. The molecular weight excluding hydrogens is 148 g/mol. The minimum absolute atomic E-state index is 0.0905. The fraction of sp³-hybridized carbons (Fsp3) is 0.364. The van der Waals surface area contributed by atoms with E-state index in [4.69, 9.17) is 0 Å². The zero-order valence-corrected chi connectivity index (χ0v) is 7.79. The van der Waals surface area contributed by atoms with Crippen LogP contribution in [0.25, 0.3) is 0 Å². The molecule has 1 aromatic carbocycles. The van der Waals surface area contributed by atoms with Gasteiger partial charge < -0.3 is 0 Å². The van der Waals surface area contributed by atoms with E-state index in [9.17, 15) is 4.79 Å². The van der Waals surface area contributed by atoms with Crippen molar-refractivity contribution >= 4 is 5.78 Å². The molecule has 0 aromatic heterocycles. The largest absolute Gasteiger partial charge is 0.294 e. The van der Waals surface area contributed by atoms with Crippen molar-refractivity contribution in [1.29, 1.82) is 0 Å². The Morgan fingerprint density at radius 2 is 1.67 bits per heavy atom. The van der Waals surface area contributed by atoms with Gasteiger partial charge in [-0.05, 0) is 6.92 Å². The molecule has 12 heavy (non-hydrogen) atoms. The molecule has 0 saturated carbocycles. The average Bonchev–Trinajstić information content (AvgIpc) is 2.04. The van der Waals surface area contributed by atoms with Gasteiger partial charge in [-0.25, -0.2) is 0 Å². The van der Waals surface area contributed by atoms with E-state index in [0.29, 0.717) is 0 Å². The van der Waals surface area contributed by atoms with Gasteiger partial charge >= 0.3 is 0 Å². The van der Waals surface area contributed by atoms with Gasteiger partial charge in [-0.1, -0.05) is 43.7 Å². The van der Waals surface area contributed by atoms with Crippen molar-refractivity contribution in [1.82, 2.24) is 0 Å². The van der Waals surface area contributed by atoms with Crippen molar-refractivity contribution < 1.29 is 4.79 Å². The van der Waals surface area contributed by atoms with Crippen LogP contribution in [0.4, 0.5) is 0 Å². The van der Waals surface area contributed by atoms with Crippen LogP contribution in [0.3, 0.4) is 0 Å². The molecule has 1 aromatic rings. The number of Topliss-reactive ketones (excluding diaryl/α,β-unsaturated/α-hetero) is 1. The van der Waals surface area contributed by atoms with E-state index in [2.05, 4.69) is 0 Å². The van der Waals surface area contributed by atoms with Crippen LogP contribution in [0, 0.1) is 12.8 Å². The Labute approximate surface area is 73.4 Å². The molecule has 0 aliphatic carbocycles. The maximum Gasteiger partial charge on any atom is 0.165 e. The lowest BCUT2D eigenvalue weighted by atomic mass is 10.0. The topological polar surface area (TPSA) is 17.1 Å². The summed E-state index contributed by atoms with van der Waals surface area (Å²) in [6, 6.07) is 7.71. The van der Waals surface area contributed by atoms with E-state index in [0.717, 1.165) is 5.56 Å². The molecule has 0 fully saturated rings. The summed E-state index contributed by atoms with van der Waals surface area (Å²) in [7, 11) is 0. The minimum atomic E-state index is 0.0905. The van der Waals surface area contributed by atoms with Crippen molar-refractivity contribution in [3.8, 4) is 0 Å². The summed E-state index contributed by atoms with van der Waals surface area (Å²) in [5, 5.41) is 0. The third kappa shape index (κ3) is 1.94. The summed E-state index contributed by atoms with van der Waals surface area (Å²) in [4.78, 5) is 11.5. The first kappa shape index (κ1) is 8.98. The molecule has 0 atom stereocenters. The van der Waals surface area contributed by atoms with Crippen LogP contribution in [-0.4, -0.2) is 5.78 Å². The van der Waals surface area contributed by atoms with Gasteiger partial charge in [0.1, 0.15) is 0 Å². The predicted molar refractivity (Wildman–Crippen MR) is 50.3 cm³/mol. The highest BCUT2D eigenvalue weighted by molar-refractivity contribution is 5.97. The molecule has 64 valence electrons. The van der Waals surface area contributed by atoms with E-state index in [1.807, 2.05) is 45.0 Å². The minimum Gasteiger partial charge on any atom is -0.294 e. The van der Waals surface area contributed by atoms with Crippen molar-refractivity contribution in [3.05, 3.63) is 35.4 Å². The van der Waals surface area contributed by atoms with Crippen molar-refractivity contribution in [2.24, 2.45) is 5.92 Å². The number of ketones is 1. The van der Waals surface area contributed by atoms with Crippen LogP contribution in [0.15, 0.2) is 24.3 Å². The molecule has 0 aliphatic heterocycles. The lowest BCUT2D eigenvalue weighted by Crippen LogP contribution is -2.06. The van der Waals surface area contributed by atoms with Gasteiger partial charge in [0.2, 0.25) is 0 Å². The Balaban J connectivity index is 2.90. The molecule has 1 rings (SSSR count). The number of rotatable bonds is 2. The first-order valence-electron chi connectivity index (χ1n) is 4.22. The zero-order chi connectivity index (χ0) is 9.14. The molecule has 0 saturated heterocycles. The smallest absolute Gasteiger partial charge is 0.165 e. The number of hydrogen-bond acceptors (Lipinski definition) is 1. The van der Waals surface area contributed by atoms with E-state index in [1.165, 1.54) is 5.56 Å². The summed E-state index contributed by atoms with van der Waals surface area (Å²) >= 11 is 0. The number of benzene rings is 1. The summed E-state index contributed by atoms with van der Waals surface area (Å²) in [5.74, 6) is 0.308. The number of carbonyl (C=O) groups is 1. The molecular formula is C11H14O. The molecule has 0 heterocycles. The van der Waals surface area contributed by atoms with Crippen molar-refractivity contribution in [2.75, 3.05) is 0 Å². The van der Waals surface area contributed by atoms with E-state index in [-0.39, 0.29) is 11.7 Å². The third-order valence-corrected chi connectivity index (χ3v) is 1.86. The monoisotopic (exact) mass is 162 g/mol. The molecule has 0 aliphatic rings. The quantitative estimate of drug-likeness (QED) is 0.611. The van der Waals surface area contributed by atoms with Gasteiger partial charge in [-0.2, -0.15) is 0 Å². The van der Waals surface area contributed by atoms with Crippen LogP contribution in [0.1, 0.15) is 29.8 Å². The Bertz CT molecular complexity index is 270. The highest BCUT2D eigenvalue weighted by Crippen LogP contribution is 2.09. The molecule has 1 nitrogen and oxygen atoms in total. The van der Waals surface area contributed by atoms with Crippen LogP contribution in [0.5, 0.6) is 0 Å². The van der Waals surface area contributed by atoms with Crippen molar-refractivity contribution in [2.45, 2.75) is 20.8 Å². The average molecular weight is 162 g/mol. The zero-order valence-electron chi connectivity index (χ0n) is 7.79. The molecule has 0 spiro atoms. The lowest BCUT2D eigenvalue weighted by Gasteiger charge is -2.03. The number of aryl methyl sites for hydroxylation is 1. The van der Waals surface area contributed by atoms with E-state index < -0.39 is 0 Å². The van der Waals surface area contributed by atoms with Gasteiger partial charge in [0.15, 0.2) is 5.78 Å². The van der Waals surface area contributed by atoms with Crippen molar-refractivity contribution in [3.63, 3.8) is 0 Å². The van der Waals surface area contributed by atoms with E-state index in [1.54, 1.807) is 0 Å². The highest BCUT2D eigenvalue weighted by Gasteiger charge is 2.08. The second-order valence-corrected chi connectivity index (χ2v) is 3.38. The molecule has 0 unspecified atom stereocenters. The lowest BCUT2D eigenvalue weighted by molar-refractivity contribution is 0.0939. The summed E-state index contributed by atoms with van der Waals surface area (Å²) in [6.45, 7) is 5.86. The van der Waals surface area contributed by atoms with Gasteiger partial charge in [0.25, 0.3) is 0 Å². The van der Waals surface area contributed by atoms with Gasteiger partial charge in [0.05, 0.1) is 0 Å². The van der Waals surface area contributed by atoms with Gasteiger partial charge in [-0.3, -0.25) is 4.79 Å². The fourth-order valence-corrected chi connectivity index (χ4v) is 1.05. The Morgan fingerprint density at radius 1 is 1.17 bits per heavy atom. The first-order valence-corrected chi connectivity index (χ1v) is 4.22. The first-order chi connectivity index (χ1) is 5.61. The second kappa shape index (κ2) is 3.53. The molecule has 0 radical (unpaired) electrons. The van der Waals surface area contributed by atoms with Gasteiger partial charge in [-0.15, -0.1) is 0 Å². The standard InChI is InChI=1S/C11H14O/c1-8(2)11(12)10-6-4-9(3)5-7-10/h4-8H,1-3H3. The summed E-state index contributed by atoms with van der Waals surface area (Å²) in [6.07, 6.45) is 0. The van der Waals surface area contributed by atoms with Gasteiger partial charge in [0, 0.05) is 11.5 Å². The molecule has 0 N–H and O–H groups in total.